The largest absolute Gasteiger partial charge is 0.508 e. The highest BCUT2D eigenvalue weighted by Crippen LogP contribution is 2.15. The number of hydrogen-bond acceptors (Lipinski definition) is 4. The molecule has 1 heterocycles. The Hall–Kier alpha value is -2.04. The second-order valence-electron chi connectivity index (χ2n) is 6.30. The van der Waals surface area contributed by atoms with Crippen molar-refractivity contribution in [2.45, 2.75) is 19.9 Å². The molecule has 0 saturated carbocycles. The van der Waals surface area contributed by atoms with E-state index >= 15 is 0 Å². The molecule has 0 atom stereocenters. The molecule has 1 fully saturated rings. The van der Waals surface area contributed by atoms with Crippen LogP contribution in [0.5, 0.6) is 5.75 Å². The standard InChI is InChI=1S/C20H24ClN3O/c1-2-20(17-5-9-19(25)10-6-17)22-24-13-11-23(12-14-24)15-16-3-7-18(21)8-4-16/h3-10,25H,2,11-15H2,1H3/b22-20+. The van der Waals surface area contributed by atoms with Gasteiger partial charge in [0.25, 0.3) is 0 Å². The third kappa shape index (κ3) is 4.97. The second kappa shape index (κ2) is 8.37. The zero-order chi connectivity index (χ0) is 17.6. The van der Waals surface area contributed by atoms with Crippen molar-refractivity contribution in [2.24, 2.45) is 5.10 Å². The highest BCUT2D eigenvalue weighted by atomic mass is 35.5. The molecule has 4 nitrogen and oxygen atoms in total. The summed E-state index contributed by atoms with van der Waals surface area (Å²) in [4.78, 5) is 2.45. The van der Waals surface area contributed by atoms with Crippen LogP contribution >= 0.6 is 11.6 Å². The predicted octanol–water partition coefficient (Wildman–Crippen LogP) is 3.98. The normalized spacial score (nSPS) is 16.2. The lowest BCUT2D eigenvalue weighted by Crippen LogP contribution is -2.43. The van der Waals surface area contributed by atoms with Gasteiger partial charge in [0, 0.05) is 37.7 Å². The fourth-order valence-electron chi connectivity index (χ4n) is 3.00. The Labute approximate surface area is 154 Å². The van der Waals surface area contributed by atoms with E-state index in [0.29, 0.717) is 0 Å². The first-order valence-corrected chi connectivity index (χ1v) is 9.10. The van der Waals surface area contributed by atoms with Crippen molar-refractivity contribution in [2.75, 3.05) is 26.2 Å². The van der Waals surface area contributed by atoms with Crippen molar-refractivity contribution in [1.82, 2.24) is 9.91 Å². The lowest BCUT2D eigenvalue weighted by molar-refractivity contribution is 0.130. The van der Waals surface area contributed by atoms with Crippen molar-refractivity contribution in [3.63, 3.8) is 0 Å². The van der Waals surface area contributed by atoms with Gasteiger partial charge in [0.1, 0.15) is 5.75 Å². The van der Waals surface area contributed by atoms with E-state index in [4.69, 9.17) is 16.7 Å². The maximum absolute atomic E-state index is 9.43. The predicted molar refractivity (Wildman–Crippen MR) is 103 cm³/mol. The summed E-state index contributed by atoms with van der Waals surface area (Å²) >= 11 is 5.95. The number of hydrogen-bond donors (Lipinski definition) is 1. The number of benzene rings is 2. The molecule has 3 rings (SSSR count). The minimum Gasteiger partial charge on any atom is -0.508 e. The van der Waals surface area contributed by atoms with Gasteiger partial charge in [-0.15, -0.1) is 0 Å². The quantitative estimate of drug-likeness (QED) is 0.823. The zero-order valence-electron chi connectivity index (χ0n) is 14.5. The van der Waals surface area contributed by atoms with Gasteiger partial charge in [-0.05, 0) is 53.9 Å². The molecule has 1 saturated heterocycles. The fraction of sp³-hybridized carbons (Fsp3) is 0.350. The molecule has 25 heavy (non-hydrogen) atoms. The van der Waals surface area contributed by atoms with Crippen LogP contribution in [0.3, 0.4) is 0 Å². The van der Waals surface area contributed by atoms with Crippen LogP contribution < -0.4 is 0 Å². The van der Waals surface area contributed by atoms with E-state index in [1.54, 1.807) is 12.1 Å². The van der Waals surface area contributed by atoms with E-state index in [0.717, 1.165) is 55.4 Å². The maximum atomic E-state index is 9.43. The van der Waals surface area contributed by atoms with Crippen LogP contribution in [0.2, 0.25) is 5.02 Å². The van der Waals surface area contributed by atoms with Crippen molar-refractivity contribution in [1.29, 1.82) is 0 Å². The Balaban J connectivity index is 1.57. The number of aromatic hydroxyl groups is 1. The Morgan fingerprint density at radius 2 is 1.64 bits per heavy atom. The van der Waals surface area contributed by atoms with Gasteiger partial charge < -0.3 is 5.11 Å². The molecule has 0 radical (unpaired) electrons. The van der Waals surface area contributed by atoms with Crippen LogP contribution in [0, 0.1) is 0 Å². The van der Waals surface area contributed by atoms with E-state index in [-0.39, 0.29) is 5.75 Å². The molecule has 1 aliphatic heterocycles. The third-order valence-corrected chi connectivity index (χ3v) is 4.72. The average molecular weight is 358 g/mol. The summed E-state index contributed by atoms with van der Waals surface area (Å²) in [5, 5.41) is 17.2. The molecule has 0 spiro atoms. The summed E-state index contributed by atoms with van der Waals surface area (Å²) in [6, 6.07) is 15.4. The van der Waals surface area contributed by atoms with E-state index in [9.17, 15) is 5.11 Å². The molecule has 1 N–H and O–H groups in total. The van der Waals surface area contributed by atoms with Crippen molar-refractivity contribution in [3.05, 3.63) is 64.7 Å². The SMILES string of the molecule is CC/C(=N\N1CCN(Cc2ccc(Cl)cc2)CC1)c1ccc(O)cc1. The summed E-state index contributed by atoms with van der Waals surface area (Å²) in [5.74, 6) is 0.287. The van der Waals surface area contributed by atoms with Crippen LogP contribution in [-0.4, -0.2) is 46.9 Å². The monoisotopic (exact) mass is 357 g/mol. The van der Waals surface area contributed by atoms with Crippen LogP contribution in [0.4, 0.5) is 0 Å². The first-order valence-electron chi connectivity index (χ1n) is 8.72. The summed E-state index contributed by atoms with van der Waals surface area (Å²) in [7, 11) is 0. The molecule has 0 aliphatic carbocycles. The summed E-state index contributed by atoms with van der Waals surface area (Å²) < 4.78 is 0. The number of phenolic OH excluding ortho intramolecular Hbond substituents is 1. The Bertz CT molecular complexity index is 705. The summed E-state index contributed by atoms with van der Waals surface area (Å²) in [6.45, 7) is 6.91. The molecule has 5 heteroatoms. The highest BCUT2D eigenvalue weighted by molar-refractivity contribution is 6.30. The molecular formula is C20H24ClN3O. The molecule has 0 aromatic heterocycles. The zero-order valence-corrected chi connectivity index (χ0v) is 15.3. The Kier molecular flexibility index (Phi) is 5.95. The topological polar surface area (TPSA) is 39.1 Å². The minimum atomic E-state index is 0.287. The average Bonchev–Trinajstić information content (AvgIpc) is 2.64. The fourth-order valence-corrected chi connectivity index (χ4v) is 3.13. The smallest absolute Gasteiger partial charge is 0.115 e. The molecule has 1 aliphatic rings. The van der Waals surface area contributed by atoms with Gasteiger partial charge in [-0.2, -0.15) is 5.10 Å². The lowest BCUT2D eigenvalue weighted by Gasteiger charge is -2.33. The van der Waals surface area contributed by atoms with Crippen molar-refractivity contribution < 1.29 is 5.11 Å². The first kappa shape index (κ1) is 17.8. The van der Waals surface area contributed by atoms with Gasteiger partial charge in [0.15, 0.2) is 0 Å². The molecule has 2 aromatic carbocycles. The number of hydrazone groups is 1. The molecule has 0 bridgehead atoms. The van der Waals surface area contributed by atoms with Gasteiger partial charge in [-0.25, -0.2) is 0 Å². The van der Waals surface area contributed by atoms with Gasteiger partial charge in [0.2, 0.25) is 0 Å². The van der Waals surface area contributed by atoms with Gasteiger partial charge in [-0.3, -0.25) is 9.91 Å². The minimum absolute atomic E-state index is 0.287. The van der Waals surface area contributed by atoms with Crippen molar-refractivity contribution >= 4 is 17.3 Å². The van der Waals surface area contributed by atoms with E-state index in [1.807, 2.05) is 24.3 Å². The number of nitrogens with zero attached hydrogens (tertiary/aromatic N) is 3. The second-order valence-corrected chi connectivity index (χ2v) is 6.74. The molecule has 132 valence electrons. The van der Waals surface area contributed by atoms with Crippen LogP contribution in [-0.2, 0) is 6.54 Å². The van der Waals surface area contributed by atoms with Crippen LogP contribution in [0.1, 0.15) is 24.5 Å². The lowest BCUT2D eigenvalue weighted by atomic mass is 10.1. The van der Waals surface area contributed by atoms with Gasteiger partial charge in [-0.1, -0.05) is 30.7 Å². The first-order chi connectivity index (χ1) is 12.1. The molecule has 0 amide bonds. The maximum Gasteiger partial charge on any atom is 0.115 e. The number of rotatable bonds is 5. The van der Waals surface area contributed by atoms with E-state index in [2.05, 4.69) is 29.0 Å². The van der Waals surface area contributed by atoms with Crippen LogP contribution in [0.15, 0.2) is 53.6 Å². The van der Waals surface area contributed by atoms with Gasteiger partial charge in [0.05, 0.1) is 5.71 Å². The summed E-state index contributed by atoms with van der Waals surface area (Å²) in [6.07, 6.45) is 0.871. The van der Waals surface area contributed by atoms with Crippen LogP contribution in [0.25, 0.3) is 0 Å². The number of piperazine rings is 1. The number of halogens is 1. The molecule has 0 unspecified atom stereocenters. The van der Waals surface area contributed by atoms with E-state index < -0.39 is 0 Å². The Morgan fingerprint density at radius 3 is 2.24 bits per heavy atom. The Morgan fingerprint density at radius 1 is 1.00 bits per heavy atom. The molecule has 2 aromatic rings. The van der Waals surface area contributed by atoms with Crippen molar-refractivity contribution in [3.8, 4) is 5.75 Å². The summed E-state index contributed by atoms with van der Waals surface area (Å²) in [5.41, 5.74) is 3.43. The third-order valence-electron chi connectivity index (χ3n) is 4.47. The highest BCUT2D eigenvalue weighted by Gasteiger charge is 2.16. The molecular weight excluding hydrogens is 334 g/mol. The number of phenols is 1. The van der Waals surface area contributed by atoms with Gasteiger partial charge >= 0.3 is 0 Å². The van der Waals surface area contributed by atoms with E-state index in [1.165, 1.54) is 5.56 Å².